The van der Waals surface area contributed by atoms with Crippen LogP contribution in [0.25, 0.3) is 0 Å². The van der Waals surface area contributed by atoms with Gasteiger partial charge in [-0.3, -0.25) is 9.98 Å². The summed E-state index contributed by atoms with van der Waals surface area (Å²) in [7, 11) is 0. The Labute approximate surface area is 177 Å². The Hall–Kier alpha value is -2.21. The second kappa shape index (κ2) is 8.66. The number of hydrogen-bond acceptors (Lipinski definition) is 6. The molecule has 4 rings (SSSR count). The summed E-state index contributed by atoms with van der Waals surface area (Å²) in [5, 5.41) is 1.14. The molecule has 154 valence electrons. The molecule has 0 saturated carbocycles. The van der Waals surface area contributed by atoms with Crippen molar-refractivity contribution in [3.05, 3.63) is 53.3 Å². The Morgan fingerprint density at radius 1 is 1.10 bits per heavy atom. The van der Waals surface area contributed by atoms with E-state index in [4.69, 9.17) is 14.5 Å². The van der Waals surface area contributed by atoms with Crippen molar-refractivity contribution in [2.24, 2.45) is 4.99 Å². The lowest BCUT2D eigenvalue weighted by Gasteiger charge is -2.33. The summed E-state index contributed by atoms with van der Waals surface area (Å²) in [5.74, 6) is 2.71. The number of nitrogens with zero attached hydrogens (tertiary/aromatic N) is 3. The van der Waals surface area contributed by atoms with Crippen molar-refractivity contribution in [1.82, 2.24) is 9.88 Å². The van der Waals surface area contributed by atoms with E-state index in [0.29, 0.717) is 19.3 Å². The van der Waals surface area contributed by atoms with Crippen molar-refractivity contribution in [2.75, 3.05) is 19.0 Å². The van der Waals surface area contributed by atoms with Crippen LogP contribution in [0.2, 0.25) is 0 Å². The van der Waals surface area contributed by atoms with Gasteiger partial charge in [-0.2, -0.15) is 0 Å². The molecule has 6 heteroatoms. The summed E-state index contributed by atoms with van der Waals surface area (Å²) < 4.78 is 11.8. The summed E-state index contributed by atoms with van der Waals surface area (Å²) in [6.07, 6.45) is 2.96. The Balaban J connectivity index is 1.82. The third-order valence-electron chi connectivity index (χ3n) is 5.58. The summed E-state index contributed by atoms with van der Waals surface area (Å²) in [6.45, 7) is 9.65. The van der Waals surface area contributed by atoms with Gasteiger partial charge < -0.3 is 14.4 Å². The van der Waals surface area contributed by atoms with Crippen molar-refractivity contribution < 1.29 is 9.47 Å². The monoisotopic (exact) mass is 411 g/mol. The minimum absolute atomic E-state index is 0.0147. The first-order valence-corrected chi connectivity index (χ1v) is 11.5. The number of fused-ring (bicyclic) bond motifs is 1. The molecule has 0 amide bonds. The minimum atomic E-state index is -0.0147. The van der Waals surface area contributed by atoms with E-state index < -0.39 is 0 Å². The first-order valence-electron chi connectivity index (χ1n) is 10.5. The van der Waals surface area contributed by atoms with E-state index >= 15 is 0 Å². The molecule has 0 aliphatic carbocycles. The molecule has 1 saturated heterocycles. The molecular formula is C23H29N3O2S. The number of aliphatic imine (C=N–C) groups is 1. The lowest BCUT2D eigenvalue weighted by atomic mass is 9.91. The molecule has 2 aliphatic rings. The molecule has 0 radical (unpaired) electrons. The second-order valence-electron chi connectivity index (χ2n) is 7.36. The van der Waals surface area contributed by atoms with Crippen LogP contribution in [0.3, 0.4) is 0 Å². The zero-order valence-corrected chi connectivity index (χ0v) is 18.4. The molecular weight excluding hydrogens is 382 g/mol. The van der Waals surface area contributed by atoms with Gasteiger partial charge in [0, 0.05) is 18.0 Å². The standard InChI is InChI=1S/C23H29N3O2S/c1-5-16-14-29-23-25-21(18-10-8-9-11-24-18)22(26(16)23)17-13-20(28-7-3)19(27-6-2)12-15(17)4/h8-13,16,21-22H,5-7,14H2,1-4H3. The normalized spacial score (nSPS) is 23.1. The van der Waals surface area contributed by atoms with Gasteiger partial charge in [0.1, 0.15) is 6.04 Å². The van der Waals surface area contributed by atoms with Gasteiger partial charge in [-0.1, -0.05) is 24.8 Å². The fourth-order valence-electron chi connectivity index (χ4n) is 4.22. The highest BCUT2D eigenvalue weighted by atomic mass is 32.2. The molecule has 3 heterocycles. The van der Waals surface area contributed by atoms with E-state index in [9.17, 15) is 0 Å². The van der Waals surface area contributed by atoms with Crippen LogP contribution in [0.4, 0.5) is 0 Å². The van der Waals surface area contributed by atoms with Crippen LogP contribution < -0.4 is 9.47 Å². The van der Waals surface area contributed by atoms with Gasteiger partial charge in [0.05, 0.1) is 24.9 Å². The molecule has 2 aromatic rings. The van der Waals surface area contributed by atoms with Gasteiger partial charge in [0.2, 0.25) is 0 Å². The van der Waals surface area contributed by atoms with Gasteiger partial charge in [-0.05, 0) is 62.6 Å². The molecule has 29 heavy (non-hydrogen) atoms. The minimum Gasteiger partial charge on any atom is -0.490 e. The van der Waals surface area contributed by atoms with Crippen molar-refractivity contribution >= 4 is 16.9 Å². The van der Waals surface area contributed by atoms with E-state index in [1.807, 2.05) is 43.9 Å². The Morgan fingerprint density at radius 3 is 2.52 bits per heavy atom. The number of thioether (sulfide) groups is 1. The fraction of sp³-hybridized carbons (Fsp3) is 0.478. The van der Waals surface area contributed by atoms with Gasteiger partial charge in [0.25, 0.3) is 0 Å². The first-order chi connectivity index (χ1) is 14.2. The van der Waals surface area contributed by atoms with Crippen LogP contribution in [0.1, 0.15) is 56.1 Å². The molecule has 3 unspecified atom stereocenters. The number of benzene rings is 1. The van der Waals surface area contributed by atoms with Crippen LogP contribution in [0, 0.1) is 6.92 Å². The van der Waals surface area contributed by atoms with Crippen molar-refractivity contribution in [3.63, 3.8) is 0 Å². The third-order valence-corrected chi connectivity index (χ3v) is 6.71. The average molecular weight is 412 g/mol. The van der Waals surface area contributed by atoms with Crippen molar-refractivity contribution in [1.29, 1.82) is 0 Å². The summed E-state index contributed by atoms with van der Waals surface area (Å²) in [5.41, 5.74) is 3.46. The van der Waals surface area contributed by atoms with Crippen LogP contribution in [0.5, 0.6) is 11.5 Å². The smallest absolute Gasteiger partial charge is 0.161 e. The van der Waals surface area contributed by atoms with Gasteiger partial charge in [-0.25, -0.2) is 0 Å². The number of pyridine rings is 1. The zero-order chi connectivity index (χ0) is 20.4. The molecule has 1 fully saturated rings. The quantitative estimate of drug-likeness (QED) is 0.629. The highest BCUT2D eigenvalue weighted by Crippen LogP contribution is 2.50. The third kappa shape index (κ3) is 3.70. The van der Waals surface area contributed by atoms with E-state index in [1.165, 1.54) is 11.1 Å². The highest BCUT2D eigenvalue weighted by Gasteiger charge is 2.46. The molecule has 5 nitrogen and oxygen atoms in total. The highest BCUT2D eigenvalue weighted by molar-refractivity contribution is 8.14. The van der Waals surface area contributed by atoms with Gasteiger partial charge >= 0.3 is 0 Å². The van der Waals surface area contributed by atoms with Crippen LogP contribution in [-0.4, -0.2) is 40.1 Å². The number of hydrogen-bond donors (Lipinski definition) is 0. The van der Waals surface area contributed by atoms with E-state index in [0.717, 1.165) is 34.5 Å². The average Bonchev–Trinajstić information content (AvgIpc) is 3.30. The number of amidine groups is 1. The number of rotatable bonds is 7. The molecule has 2 aliphatic heterocycles. The molecule has 3 atom stereocenters. The van der Waals surface area contributed by atoms with Crippen molar-refractivity contribution in [2.45, 2.75) is 52.2 Å². The van der Waals surface area contributed by atoms with Crippen LogP contribution in [0.15, 0.2) is 41.5 Å². The molecule has 0 N–H and O–H groups in total. The fourth-order valence-corrected chi connectivity index (χ4v) is 5.56. The lowest BCUT2D eigenvalue weighted by Crippen LogP contribution is -2.35. The Morgan fingerprint density at radius 2 is 1.86 bits per heavy atom. The summed E-state index contributed by atoms with van der Waals surface area (Å²) >= 11 is 1.87. The number of ether oxygens (including phenoxy) is 2. The maximum atomic E-state index is 5.95. The molecule has 0 bridgehead atoms. The van der Waals surface area contributed by atoms with E-state index in [-0.39, 0.29) is 12.1 Å². The number of aryl methyl sites for hydroxylation is 1. The van der Waals surface area contributed by atoms with Gasteiger partial charge in [-0.15, -0.1) is 0 Å². The van der Waals surface area contributed by atoms with E-state index in [2.05, 4.69) is 41.9 Å². The second-order valence-corrected chi connectivity index (χ2v) is 8.35. The Bertz CT molecular complexity index is 887. The maximum absolute atomic E-state index is 5.95. The van der Waals surface area contributed by atoms with Crippen LogP contribution >= 0.6 is 11.8 Å². The predicted octanol–water partition coefficient (Wildman–Crippen LogP) is 5.17. The summed E-state index contributed by atoms with van der Waals surface area (Å²) in [4.78, 5) is 12.3. The molecule has 1 aromatic heterocycles. The zero-order valence-electron chi connectivity index (χ0n) is 17.6. The predicted molar refractivity (Wildman–Crippen MR) is 119 cm³/mol. The molecule has 0 spiro atoms. The number of aromatic nitrogens is 1. The van der Waals surface area contributed by atoms with Crippen molar-refractivity contribution in [3.8, 4) is 11.5 Å². The maximum Gasteiger partial charge on any atom is 0.161 e. The van der Waals surface area contributed by atoms with Crippen LogP contribution in [-0.2, 0) is 0 Å². The lowest BCUT2D eigenvalue weighted by molar-refractivity contribution is 0.251. The SMILES string of the molecule is CCOc1cc(C)c(C2C(c3ccccn3)N=C3SCC(CC)N32)cc1OCC. The largest absolute Gasteiger partial charge is 0.490 e. The topological polar surface area (TPSA) is 47.0 Å². The van der Waals surface area contributed by atoms with E-state index in [1.54, 1.807) is 0 Å². The Kier molecular flexibility index (Phi) is 5.99. The van der Waals surface area contributed by atoms with Gasteiger partial charge in [0.15, 0.2) is 16.7 Å². The first kappa shape index (κ1) is 20.1. The molecule has 1 aromatic carbocycles. The summed E-state index contributed by atoms with van der Waals surface area (Å²) in [6, 6.07) is 11.0.